The Bertz CT molecular complexity index is 392. The molecule has 4 heteroatoms. The molecule has 1 aliphatic rings. The molecule has 84 valence electrons. The van der Waals surface area contributed by atoms with Crippen LogP contribution in [0.1, 0.15) is 19.0 Å². The Morgan fingerprint density at radius 2 is 2.44 bits per heavy atom. The van der Waals surface area contributed by atoms with Crippen molar-refractivity contribution in [1.29, 1.82) is 5.26 Å². The van der Waals surface area contributed by atoms with Crippen LogP contribution in [0.2, 0.25) is 0 Å². The average Bonchev–Trinajstić information content (AvgIpc) is 2.26. The highest BCUT2D eigenvalue weighted by molar-refractivity contribution is 5.50. The van der Waals surface area contributed by atoms with Crippen LogP contribution in [-0.2, 0) is 0 Å². The van der Waals surface area contributed by atoms with Gasteiger partial charge in [0.1, 0.15) is 11.8 Å². The average molecular weight is 216 g/mol. The van der Waals surface area contributed by atoms with Gasteiger partial charge in [0.2, 0.25) is 0 Å². The van der Waals surface area contributed by atoms with E-state index in [1.165, 1.54) is 0 Å². The summed E-state index contributed by atoms with van der Waals surface area (Å²) in [6.07, 6.45) is 2.82. The molecule has 1 N–H and O–H groups in total. The normalized spacial score (nSPS) is 15.2. The van der Waals surface area contributed by atoms with Crippen LogP contribution in [0.25, 0.3) is 0 Å². The summed E-state index contributed by atoms with van der Waals surface area (Å²) in [6, 6.07) is 6.50. The fourth-order valence-electron chi connectivity index (χ4n) is 1.92. The molecule has 1 fully saturated rings. The van der Waals surface area contributed by atoms with Crippen molar-refractivity contribution in [1.82, 2.24) is 10.3 Å². The molecule has 2 heterocycles. The van der Waals surface area contributed by atoms with E-state index in [0.717, 1.165) is 31.7 Å². The number of pyridine rings is 1. The Morgan fingerprint density at radius 1 is 1.62 bits per heavy atom. The highest BCUT2D eigenvalue weighted by Crippen LogP contribution is 2.19. The number of hydrogen-bond donors (Lipinski definition) is 1. The maximum Gasteiger partial charge on any atom is 0.142 e. The third kappa shape index (κ3) is 2.15. The van der Waals surface area contributed by atoms with Crippen LogP contribution >= 0.6 is 0 Å². The Hall–Kier alpha value is -1.60. The van der Waals surface area contributed by atoms with Gasteiger partial charge in [0.05, 0.1) is 6.04 Å². The molecule has 1 saturated heterocycles. The minimum absolute atomic E-state index is 0.492. The number of nitriles is 1. The van der Waals surface area contributed by atoms with Gasteiger partial charge in [-0.25, -0.2) is 4.98 Å². The zero-order valence-corrected chi connectivity index (χ0v) is 9.48. The zero-order valence-electron chi connectivity index (χ0n) is 9.48. The molecule has 0 radical (unpaired) electrons. The molecule has 1 aromatic rings. The van der Waals surface area contributed by atoms with Gasteiger partial charge in [0.15, 0.2) is 0 Å². The van der Waals surface area contributed by atoms with E-state index in [2.05, 4.69) is 28.2 Å². The second kappa shape index (κ2) is 4.95. The van der Waals surface area contributed by atoms with E-state index in [9.17, 15) is 0 Å². The number of rotatable bonds is 4. The fraction of sp³-hybridized carbons (Fsp3) is 0.500. The van der Waals surface area contributed by atoms with Gasteiger partial charge in [0, 0.05) is 31.5 Å². The molecule has 0 saturated carbocycles. The minimum atomic E-state index is 0.492. The Labute approximate surface area is 95.9 Å². The van der Waals surface area contributed by atoms with Crippen LogP contribution in [-0.4, -0.2) is 30.7 Å². The Balaban J connectivity index is 2.20. The van der Waals surface area contributed by atoms with Crippen molar-refractivity contribution in [2.45, 2.75) is 19.4 Å². The first kappa shape index (κ1) is 10.9. The fourth-order valence-corrected chi connectivity index (χ4v) is 1.92. The molecule has 1 aliphatic heterocycles. The maximum atomic E-state index is 8.84. The topological polar surface area (TPSA) is 52.0 Å². The van der Waals surface area contributed by atoms with Crippen molar-refractivity contribution >= 4 is 5.69 Å². The summed E-state index contributed by atoms with van der Waals surface area (Å²) in [5.41, 5.74) is 1.60. The first-order chi connectivity index (χ1) is 7.85. The maximum absolute atomic E-state index is 8.84. The first-order valence-corrected chi connectivity index (χ1v) is 5.68. The predicted octanol–water partition coefficient (Wildman–Crippen LogP) is 1.14. The van der Waals surface area contributed by atoms with Gasteiger partial charge in [0.25, 0.3) is 0 Å². The lowest BCUT2D eigenvalue weighted by Gasteiger charge is -2.39. The van der Waals surface area contributed by atoms with E-state index in [-0.39, 0.29) is 0 Å². The lowest BCUT2D eigenvalue weighted by molar-refractivity contribution is 0.412. The van der Waals surface area contributed by atoms with Crippen LogP contribution in [0.15, 0.2) is 18.3 Å². The van der Waals surface area contributed by atoms with Gasteiger partial charge in [-0.3, -0.25) is 0 Å². The van der Waals surface area contributed by atoms with Crippen LogP contribution in [0, 0.1) is 11.3 Å². The summed E-state index contributed by atoms with van der Waals surface area (Å²) in [5, 5.41) is 12.1. The molecule has 4 nitrogen and oxygen atoms in total. The van der Waals surface area contributed by atoms with Crippen molar-refractivity contribution in [2.24, 2.45) is 0 Å². The van der Waals surface area contributed by atoms with Crippen molar-refractivity contribution in [2.75, 3.05) is 24.5 Å². The molecule has 0 spiro atoms. The Morgan fingerprint density at radius 3 is 3.00 bits per heavy atom. The molecule has 0 aliphatic carbocycles. The van der Waals surface area contributed by atoms with E-state index in [1.807, 2.05) is 12.1 Å². The van der Waals surface area contributed by atoms with Gasteiger partial charge in [-0.1, -0.05) is 6.92 Å². The third-order valence-electron chi connectivity index (χ3n) is 2.85. The smallest absolute Gasteiger partial charge is 0.142 e. The highest BCUT2D eigenvalue weighted by atomic mass is 15.2. The molecule has 0 atom stereocenters. The first-order valence-electron chi connectivity index (χ1n) is 5.68. The number of nitrogens with zero attached hydrogens (tertiary/aromatic N) is 3. The summed E-state index contributed by atoms with van der Waals surface area (Å²) in [6.45, 7) is 5.27. The second-order valence-electron chi connectivity index (χ2n) is 4.02. The van der Waals surface area contributed by atoms with Crippen molar-refractivity contribution < 1.29 is 0 Å². The Kier molecular flexibility index (Phi) is 3.37. The van der Waals surface area contributed by atoms with E-state index in [4.69, 9.17) is 5.26 Å². The van der Waals surface area contributed by atoms with Crippen LogP contribution in [0.3, 0.4) is 0 Å². The van der Waals surface area contributed by atoms with Crippen molar-refractivity contribution in [3.05, 3.63) is 24.0 Å². The molecular weight excluding hydrogens is 200 g/mol. The molecule has 0 amide bonds. The van der Waals surface area contributed by atoms with Gasteiger partial charge < -0.3 is 10.2 Å². The molecule has 0 unspecified atom stereocenters. The number of aromatic nitrogens is 1. The molecular formula is C12H16N4. The molecule has 2 rings (SSSR count). The molecule has 1 aromatic heterocycles. The van der Waals surface area contributed by atoms with Gasteiger partial charge in [-0.2, -0.15) is 5.26 Å². The standard InChI is InChI=1S/C12H16N4/c1-2-5-16(12-8-14-9-12)11-3-4-15-10(6-11)7-13/h3-4,6,12,14H,2,5,8-9H2,1H3. The minimum Gasteiger partial charge on any atom is -0.366 e. The van der Waals surface area contributed by atoms with Crippen molar-refractivity contribution in [3.8, 4) is 6.07 Å². The van der Waals surface area contributed by atoms with Crippen LogP contribution in [0.5, 0.6) is 0 Å². The molecule has 0 bridgehead atoms. The number of nitrogens with one attached hydrogen (secondary N) is 1. The predicted molar refractivity (Wildman–Crippen MR) is 63.2 cm³/mol. The lowest BCUT2D eigenvalue weighted by atomic mass is 10.1. The van der Waals surface area contributed by atoms with E-state index >= 15 is 0 Å². The lowest BCUT2D eigenvalue weighted by Crippen LogP contribution is -2.57. The summed E-state index contributed by atoms with van der Waals surface area (Å²) >= 11 is 0. The van der Waals surface area contributed by atoms with E-state index in [0.29, 0.717) is 11.7 Å². The molecule has 0 aromatic carbocycles. The SMILES string of the molecule is CCCN(c1ccnc(C#N)c1)C1CNC1. The third-order valence-corrected chi connectivity index (χ3v) is 2.85. The van der Waals surface area contributed by atoms with Crippen LogP contribution < -0.4 is 10.2 Å². The quantitative estimate of drug-likeness (QED) is 0.820. The number of hydrogen-bond acceptors (Lipinski definition) is 4. The zero-order chi connectivity index (χ0) is 11.4. The second-order valence-corrected chi connectivity index (χ2v) is 4.02. The van der Waals surface area contributed by atoms with E-state index < -0.39 is 0 Å². The molecule has 16 heavy (non-hydrogen) atoms. The van der Waals surface area contributed by atoms with E-state index in [1.54, 1.807) is 6.20 Å². The summed E-state index contributed by atoms with van der Waals surface area (Å²) in [4.78, 5) is 6.36. The number of anilines is 1. The largest absolute Gasteiger partial charge is 0.366 e. The van der Waals surface area contributed by atoms with Crippen molar-refractivity contribution in [3.63, 3.8) is 0 Å². The monoisotopic (exact) mass is 216 g/mol. The van der Waals surface area contributed by atoms with Crippen LogP contribution in [0.4, 0.5) is 5.69 Å². The summed E-state index contributed by atoms with van der Waals surface area (Å²) in [7, 11) is 0. The summed E-state index contributed by atoms with van der Waals surface area (Å²) in [5.74, 6) is 0. The van der Waals surface area contributed by atoms with Gasteiger partial charge in [-0.05, 0) is 18.6 Å². The van der Waals surface area contributed by atoms with Gasteiger partial charge in [-0.15, -0.1) is 0 Å². The van der Waals surface area contributed by atoms with Gasteiger partial charge >= 0.3 is 0 Å². The highest BCUT2D eigenvalue weighted by Gasteiger charge is 2.24. The summed E-state index contributed by atoms with van der Waals surface area (Å²) < 4.78 is 0.